The van der Waals surface area contributed by atoms with Crippen molar-refractivity contribution in [2.75, 3.05) is 0 Å². The second kappa shape index (κ2) is 8.11. The number of esters is 1. The SMILES string of the molecule is Cc1c(CC(=O)OC2CCCC2)c2cc(O)c(F)cc2n1C(=O)c1ccc(Cl)cc1. The van der Waals surface area contributed by atoms with Crippen LogP contribution in [0.25, 0.3) is 10.9 Å². The molecule has 7 heteroatoms. The molecule has 0 radical (unpaired) electrons. The number of rotatable bonds is 4. The normalized spacial score (nSPS) is 14.4. The third-order valence-corrected chi connectivity index (χ3v) is 5.87. The Bertz CT molecular complexity index is 1130. The maximum Gasteiger partial charge on any atom is 0.310 e. The van der Waals surface area contributed by atoms with Gasteiger partial charge in [-0.05, 0) is 68.5 Å². The van der Waals surface area contributed by atoms with E-state index >= 15 is 0 Å². The van der Waals surface area contributed by atoms with Gasteiger partial charge in [0.2, 0.25) is 0 Å². The molecule has 1 aliphatic rings. The van der Waals surface area contributed by atoms with E-state index in [9.17, 15) is 19.1 Å². The molecule has 1 aliphatic carbocycles. The number of carbonyl (C=O) groups is 2. The van der Waals surface area contributed by atoms with Gasteiger partial charge in [0, 0.05) is 27.7 Å². The average molecular weight is 430 g/mol. The van der Waals surface area contributed by atoms with E-state index in [0.29, 0.717) is 27.2 Å². The summed E-state index contributed by atoms with van der Waals surface area (Å²) in [5.41, 5.74) is 1.68. The van der Waals surface area contributed by atoms with Crippen LogP contribution in [0, 0.1) is 12.7 Å². The van der Waals surface area contributed by atoms with Gasteiger partial charge in [-0.15, -0.1) is 0 Å². The van der Waals surface area contributed by atoms with Gasteiger partial charge in [-0.1, -0.05) is 11.6 Å². The quantitative estimate of drug-likeness (QED) is 0.581. The van der Waals surface area contributed by atoms with Crippen LogP contribution in [-0.2, 0) is 16.0 Å². The minimum absolute atomic E-state index is 0.0647. The van der Waals surface area contributed by atoms with Crippen molar-refractivity contribution in [3.63, 3.8) is 0 Å². The highest BCUT2D eigenvalue weighted by molar-refractivity contribution is 6.30. The molecule has 5 nitrogen and oxygen atoms in total. The summed E-state index contributed by atoms with van der Waals surface area (Å²) in [4.78, 5) is 25.7. The molecule has 1 N–H and O–H groups in total. The van der Waals surface area contributed by atoms with Crippen LogP contribution in [0.3, 0.4) is 0 Å². The van der Waals surface area contributed by atoms with Crippen molar-refractivity contribution in [1.82, 2.24) is 4.57 Å². The van der Waals surface area contributed by atoms with E-state index in [0.717, 1.165) is 31.7 Å². The van der Waals surface area contributed by atoms with E-state index in [4.69, 9.17) is 16.3 Å². The van der Waals surface area contributed by atoms with Crippen molar-refractivity contribution < 1.29 is 23.8 Å². The van der Waals surface area contributed by atoms with Crippen LogP contribution in [0.4, 0.5) is 4.39 Å². The molecule has 0 spiro atoms. The number of hydrogen-bond donors (Lipinski definition) is 1. The molecule has 0 unspecified atom stereocenters. The summed E-state index contributed by atoms with van der Waals surface area (Å²) >= 11 is 5.91. The number of benzene rings is 2. The highest BCUT2D eigenvalue weighted by atomic mass is 35.5. The Kier molecular flexibility index (Phi) is 5.52. The maximum absolute atomic E-state index is 14.1. The van der Waals surface area contributed by atoms with Crippen molar-refractivity contribution in [3.8, 4) is 5.75 Å². The second-order valence-electron chi connectivity index (χ2n) is 7.61. The van der Waals surface area contributed by atoms with Crippen LogP contribution in [0.2, 0.25) is 5.02 Å². The number of nitrogens with zero attached hydrogens (tertiary/aromatic N) is 1. The molecule has 3 aromatic rings. The molecule has 1 fully saturated rings. The zero-order chi connectivity index (χ0) is 21.4. The Morgan fingerprint density at radius 1 is 1.20 bits per heavy atom. The molecule has 30 heavy (non-hydrogen) atoms. The monoisotopic (exact) mass is 429 g/mol. The van der Waals surface area contributed by atoms with Crippen molar-refractivity contribution in [3.05, 3.63) is 64.1 Å². The number of aromatic hydroxyl groups is 1. The second-order valence-corrected chi connectivity index (χ2v) is 8.04. The van der Waals surface area contributed by atoms with Crippen LogP contribution < -0.4 is 0 Å². The molecule has 156 valence electrons. The predicted molar refractivity (Wildman–Crippen MR) is 112 cm³/mol. The van der Waals surface area contributed by atoms with Crippen LogP contribution in [0.5, 0.6) is 5.75 Å². The molecule has 0 amide bonds. The highest BCUT2D eigenvalue weighted by Crippen LogP contribution is 2.33. The number of phenolic OH excluding ortho intramolecular Hbond substituents is 1. The van der Waals surface area contributed by atoms with Gasteiger partial charge < -0.3 is 9.84 Å². The third-order valence-electron chi connectivity index (χ3n) is 5.62. The Morgan fingerprint density at radius 2 is 1.87 bits per heavy atom. The predicted octanol–water partition coefficient (Wildman–Crippen LogP) is 5.16. The average Bonchev–Trinajstić information content (AvgIpc) is 3.30. The van der Waals surface area contributed by atoms with Crippen molar-refractivity contribution >= 4 is 34.4 Å². The Morgan fingerprint density at radius 3 is 2.53 bits per heavy atom. The van der Waals surface area contributed by atoms with Gasteiger partial charge in [-0.3, -0.25) is 14.2 Å². The fraction of sp³-hybridized carbons (Fsp3) is 0.304. The largest absolute Gasteiger partial charge is 0.505 e. The van der Waals surface area contributed by atoms with Crippen molar-refractivity contribution in [1.29, 1.82) is 0 Å². The van der Waals surface area contributed by atoms with Gasteiger partial charge in [0.05, 0.1) is 11.9 Å². The molecule has 0 bridgehead atoms. The standard InChI is InChI=1S/C23H21ClFNO4/c1-13-17(11-22(28)30-16-4-2-3-5-16)18-10-21(27)19(25)12-20(18)26(13)23(29)14-6-8-15(24)9-7-14/h6-10,12,16,27H,2-5,11H2,1H3. The van der Waals surface area contributed by atoms with Gasteiger partial charge in [0.15, 0.2) is 11.6 Å². The zero-order valence-electron chi connectivity index (χ0n) is 16.5. The molecule has 1 heterocycles. The van der Waals surface area contributed by atoms with E-state index < -0.39 is 17.5 Å². The topological polar surface area (TPSA) is 68.5 Å². The lowest BCUT2D eigenvalue weighted by molar-refractivity contribution is -0.147. The molecule has 0 atom stereocenters. The van der Waals surface area contributed by atoms with Gasteiger partial charge in [0.25, 0.3) is 5.91 Å². The Hall–Kier alpha value is -2.86. The van der Waals surface area contributed by atoms with Crippen LogP contribution in [0.1, 0.15) is 47.3 Å². The number of fused-ring (bicyclic) bond motifs is 1. The number of ether oxygens (including phenoxy) is 1. The highest BCUT2D eigenvalue weighted by Gasteiger charge is 2.25. The molecule has 1 aromatic heterocycles. The molecule has 0 saturated heterocycles. The summed E-state index contributed by atoms with van der Waals surface area (Å²) < 4.78 is 21.1. The Balaban J connectivity index is 1.77. The maximum atomic E-state index is 14.1. The fourth-order valence-electron chi connectivity index (χ4n) is 4.07. The molecule has 1 saturated carbocycles. The van der Waals surface area contributed by atoms with E-state index in [2.05, 4.69) is 0 Å². The van der Waals surface area contributed by atoms with Gasteiger partial charge in [0.1, 0.15) is 6.10 Å². The minimum Gasteiger partial charge on any atom is -0.505 e. The van der Waals surface area contributed by atoms with Crippen LogP contribution in [0.15, 0.2) is 36.4 Å². The van der Waals surface area contributed by atoms with E-state index in [-0.39, 0.29) is 23.9 Å². The van der Waals surface area contributed by atoms with Crippen LogP contribution in [-0.4, -0.2) is 27.7 Å². The summed E-state index contributed by atoms with van der Waals surface area (Å²) in [6.45, 7) is 1.70. The first kappa shape index (κ1) is 20.4. The fourth-order valence-corrected chi connectivity index (χ4v) is 4.20. The number of phenols is 1. The smallest absolute Gasteiger partial charge is 0.310 e. The first-order valence-corrected chi connectivity index (χ1v) is 10.2. The molecule has 0 aliphatic heterocycles. The lowest BCUT2D eigenvalue weighted by atomic mass is 10.1. The number of hydrogen-bond acceptors (Lipinski definition) is 4. The molecular formula is C23H21ClFNO4. The summed E-state index contributed by atoms with van der Waals surface area (Å²) in [5.74, 6) is -2.16. The lowest BCUT2D eigenvalue weighted by Crippen LogP contribution is -2.17. The number of aromatic nitrogens is 1. The number of halogens is 2. The van der Waals surface area contributed by atoms with Crippen LogP contribution >= 0.6 is 11.6 Å². The van der Waals surface area contributed by atoms with E-state index in [1.165, 1.54) is 10.6 Å². The summed E-state index contributed by atoms with van der Waals surface area (Å²) in [5, 5.41) is 10.8. The molecular weight excluding hydrogens is 409 g/mol. The summed E-state index contributed by atoms with van der Waals surface area (Å²) in [7, 11) is 0. The van der Waals surface area contributed by atoms with Gasteiger partial charge in [-0.2, -0.15) is 0 Å². The van der Waals surface area contributed by atoms with Crippen molar-refractivity contribution in [2.45, 2.75) is 45.1 Å². The zero-order valence-corrected chi connectivity index (χ0v) is 17.2. The van der Waals surface area contributed by atoms with Gasteiger partial charge >= 0.3 is 5.97 Å². The van der Waals surface area contributed by atoms with E-state index in [1.807, 2.05) is 0 Å². The van der Waals surface area contributed by atoms with E-state index in [1.54, 1.807) is 31.2 Å². The first-order valence-electron chi connectivity index (χ1n) is 9.87. The lowest BCUT2D eigenvalue weighted by Gasteiger charge is -2.11. The Labute approximate surface area is 178 Å². The van der Waals surface area contributed by atoms with Crippen molar-refractivity contribution in [2.24, 2.45) is 0 Å². The third kappa shape index (κ3) is 3.79. The number of carbonyl (C=O) groups excluding carboxylic acids is 2. The summed E-state index contributed by atoms with van der Waals surface area (Å²) in [6, 6.07) is 8.73. The minimum atomic E-state index is -0.842. The molecule has 2 aromatic carbocycles. The summed E-state index contributed by atoms with van der Waals surface area (Å²) in [6.07, 6.45) is 3.65. The first-order chi connectivity index (χ1) is 14.3. The molecule has 4 rings (SSSR count). The van der Waals surface area contributed by atoms with Gasteiger partial charge in [-0.25, -0.2) is 4.39 Å².